The molecule has 0 aliphatic rings. The van der Waals surface area contributed by atoms with Crippen molar-refractivity contribution in [3.63, 3.8) is 0 Å². The largest absolute Gasteiger partial charge is 0.352 e. The number of hydrogen-bond donors (Lipinski definition) is 2. The number of benzene rings is 3. The molecule has 0 bridgehead atoms. The summed E-state index contributed by atoms with van der Waals surface area (Å²) >= 11 is 0. The maximum absolute atomic E-state index is 11.0. The maximum atomic E-state index is 11.0. The van der Waals surface area contributed by atoms with Gasteiger partial charge >= 0.3 is 0 Å². The average Bonchev–Trinajstić information content (AvgIpc) is 2.69. The Labute approximate surface area is 155 Å². The fourth-order valence-corrected chi connectivity index (χ4v) is 2.94. The molecule has 3 aromatic carbocycles. The maximum Gasteiger partial charge on any atom is 0.217 e. The molecule has 0 unspecified atom stereocenters. The lowest BCUT2D eigenvalue weighted by Crippen LogP contribution is -2.22. The summed E-state index contributed by atoms with van der Waals surface area (Å²) in [5, 5.41) is 6.49. The lowest BCUT2D eigenvalue weighted by molar-refractivity contribution is -0.119. The van der Waals surface area contributed by atoms with Gasteiger partial charge in [0.15, 0.2) is 0 Å². The number of carbonyl (C=O) groups is 1. The number of carbonyl (C=O) groups excluding carboxylic acids is 1. The number of hydrogen-bond acceptors (Lipinski definition) is 2. The van der Waals surface area contributed by atoms with E-state index in [0.717, 1.165) is 12.1 Å². The highest BCUT2D eigenvalue weighted by atomic mass is 16.1. The predicted octanol–water partition coefficient (Wildman–Crippen LogP) is 4.20. The lowest BCUT2D eigenvalue weighted by Gasteiger charge is -2.20. The topological polar surface area (TPSA) is 41.1 Å². The van der Waals surface area contributed by atoms with E-state index in [1.165, 1.54) is 23.6 Å². The van der Waals surface area contributed by atoms with Crippen molar-refractivity contribution in [1.29, 1.82) is 0 Å². The van der Waals surface area contributed by atoms with E-state index >= 15 is 0 Å². The Kier molecular flexibility index (Phi) is 6.18. The second kappa shape index (κ2) is 8.97. The standard InChI is InChI=1S/C23H24N2O/c1-18(26)24-16-19-12-14-20(15-13-19)17-25-23(21-8-4-2-5-9-21)22-10-6-3-7-11-22/h2-15,23,25H,16-17H2,1H3,(H,24,26). The highest BCUT2D eigenvalue weighted by molar-refractivity contribution is 5.72. The van der Waals surface area contributed by atoms with Crippen molar-refractivity contribution in [1.82, 2.24) is 10.6 Å². The summed E-state index contributed by atoms with van der Waals surface area (Å²) < 4.78 is 0. The van der Waals surface area contributed by atoms with Crippen molar-refractivity contribution in [2.24, 2.45) is 0 Å². The second-order valence-electron chi connectivity index (χ2n) is 6.36. The van der Waals surface area contributed by atoms with Gasteiger partial charge in [0.2, 0.25) is 5.91 Å². The summed E-state index contributed by atoms with van der Waals surface area (Å²) in [5.41, 5.74) is 4.82. The molecule has 0 aromatic heterocycles. The minimum absolute atomic E-state index is 0.00990. The van der Waals surface area contributed by atoms with E-state index in [9.17, 15) is 4.79 Å². The van der Waals surface area contributed by atoms with E-state index in [-0.39, 0.29) is 11.9 Å². The summed E-state index contributed by atoms with van der Waals surface area (Å²) in [7, 11) is 0. The highest BCUT2D eigenvalue weighted by Crippen LogP contribution is 2.22. The zero-order valence-corrected chi connectivity index (χ0v) is 15.0. The van der Waals surface area contributed by atoms with Crippen LogP contribution in [0.1, 0.15) is 35.2 Å². The Hall–Kier alpha value is -2.91. The molecular formula is C23H24N2O. The van der Waals surface area contributed by atoms with Gasteiger partial charge in [-0.25, -0.2) is 0 Å². The smallest absolute Gasteiger partial charge is 0.217 e. The summed E-state index contributed by atoms with van der Waals surface area (Å²) in [6.45, 7) is 2.88. The zero-order chi connectivity index (χ0) is 18.2. The Morgan fingerprint density at radius 3 is 1.65 bits per heavy atom. The summed E-state index contributed by atoms with van der Waals surface area (Å²) in [5.74, 6) is -0.00990. The van der Waals surface area contributed by atoms with E-state index in [1.807, 2.05) is 12.1 Å². The van der Waals surface area contributed by atoms with Crippen LogP contribution in [0.2, 0.25) is 0 Å². The third-order valence-corrected chi connectivity index (χ3v) is 4.34. The monoisotopic (exact) mass is 344 g/mol. The van der Waals surface area contributed by atoms with Crippen LogP contribution < -0.4 is 10.6 Å². The van der Waals surface area contributed by atoms with Crippen molar-refractivity contribution in [2.45, 2.75) is 26.1 Å². The lowest BCUT2D eigenvalue weighted by atomic mass is 9.98. The first-order chi connectivity index (χ1) is 12.7. The normalized spacial score (nSPS) is 10.7. The zero-order valence-electron chi connectivity index (χ0n) is 15.0. The molecule has 0 atom stereocenters. The Balaban J connectivity index is 1.69. The van der Waals surface area contributed by atoms with E-state index < -0.39 is 0 Å². The van der Waals surface area contributed by atoms with Crippen molar-refractivity contribution in [3.8, 4) is 0 Å². The van der Waals surface area contributed by atoms with Crippen LogP contribution in [0.4, 0.5) is 0 Å². The van der Waals surface area contributed by atoms with Crippen molar-refractivity contribution < 1.29 is 4.79 Å². The van der Waals surface area contributed by atoms with Crippen LogP contribution in [0.25, 0.3) is 0 Å². The second-order valence-corrected chi connectivity index (χ2v) is 6.36. The predicted molar refractivity (Wildman–Crippen MR) is 106 cm³/mol. The molecule has 26 heavy (non-hydrogen) atoms. The molecule has 0 aliphatic heterocycles. The van der Waals surface area contributed by atoms with Gasteiger partial charge < -0.3 is 10.6 Å². The van der Waals surface area contributed by atoms with Crippen LogP contribution in [0.5, 0.6) is 0 Å². The quantitative estimate of drug-likeness (QED) is 0.674. The molecular weight excluding hydrogens is 320 g/mol. The Bertz CT molecular complexity index is 774. The van der Waals surface area contributed by atoms with E-state index in [1.54, 1.807) is 0 Å². The van der Waals surface area contributed by atoms with Crippen LogP contribution in [-0.4, -0.2) is 5.91 Å². The van der Waals surface area contributed by atoms with E-state index in [4.69, 9.17) is 0 Å². The minimum Gasteiger partial charge on any atom is -0.352 e. The van der Waals surface area contributed by atoms with Gasteiger partial charge in [0, 0.05) is 20.0 Å². The van der Waals surface area contributed by atoms with Crippen molar-refractivity contribution in [2.75, 3.05) is 0 Å². The van der Waals surface area contributed by atoms with Crippen LogP contribution in [0.15, 0.2) is 84.9 Å². The SMILES string of the molecule is CC(=O)NCc1ccc(CNC(c2ccccc2)c2ccccc2)cc1. The average molecular weight is 344 g/mol. The van der Waals surface area contributed by atoms with Gasteiger partial charge in [-0.15, -0.1) is 0 Å². The Morgan fingerprint density at radius 2 is 1.19 bits per heavy atom. The molecule has 0 heterocycles. The Morgan fingerprint density at radius 1 is 0.731 bits per heavy atom. The van der Waals surface area contributed by atoms with Crippen LogP contribution in [0.3, 0.4) is 0 Å². The minimum atomic E-state index is -0.00990. The van der Waals surface area contributed by atoms with Crippen LogP contribution in [-0.2, 0) is 17.9 Å². The van der Waals surface area contributed by atoms with Crippen molar-refractivity contribution >= 4 is 5.91 Å². The van der Waals surface area contributed by atoms with Gasteiger partial charge in [-0.2, -0.15) is 0 Å². The molecule has 0 saturated heterocycles. The molecule has 1 amide bonds. The first-order valence-corrected chi connectivity index (χ1v) is 8.88. The molecule has 132 valence electrons. The number of nitrogens with one attached hydrogen (secondary N) is 2. The molecule has 3 nitrogen and oxygen atoms in total. The van der Waals surface area contributed by atoms with Gasteiger partial charge in [-0.1, -0.05) is 84.9 Å². The molecule has 0 spiro atoms. The number of amides is 1. The van der Waals surface area contributed by atoms with Gasteiger partial charge in [0.25, 0.3) is 0 Å². The van der Waals surface area contributed by atoms with E-state index in [2.05, 4.69) is 83.4 Å². The summed E-state index contributed by atoms with van der Waals surface area (Å²) in [6, 6.07) is 29.5. The van der Waals surface area contributed by atoms with Gasteiger partial charge in [0.05, 0.1) is 6.04 Å². The molecule has 2 N–H and O–H groups in total. The first kappa shape index (κ1) is 17.9. The summed E-state index contributed by atoms with van der Waals surface area (Å²) in [6.07, 6.45) is 0. The third-order valence-electron chi connectivity index (χ3n) is 4.34. The molecule has 0 saturated carbocycles. The molecule has 3 rings (SSSR count). The fraction of sp³-hybridized carbons (Fsp3) is 0.174. The molecule has 0 radical (unpaired) electrons. The highest BCUT2D eigenvalue weighted by Gasteiger charge is 2.12. The first-order valence-electron chi connectivity index (χ1n) is 8.88. The molecule has 3 aromatic rings. The summed E-state index contributed by atoms with van der Waals surface area (Å²) in [4.78, 5) is 11.0. The van der Waals surface area contributed by atoms with E-state index in [0.29, 0.717) is 6.54 Å². The van der Waals surface area contributed by atoms with Gasteiger partial charge in [-0.05, 0) is 22.3 Å². The van der Waals surface area contributed by atoms with Crippen LogP contribution >= 0.6 is 0 Å². The third kappa shape index (κ3) is 5.04. The molecule has 3 heteroatoms. The number of rotatable bonds is 7. The fourth-order valence-electron chi connectivity index (χ4n) is 2.94. The van der Waals surface area contributed by atoms with Gasteiger partial charge in [-0.3, -0.25) is 4.79 Å². The molecule has 0 fully saturated rings. The molecule has 0 aliphatic carbocycles. The van der Waals surface area contributed by atoms with Gasteiger partial charge in [0.1, 0.15) is 0 Å². The van der Waals surface area contributed by atoms with Crippen molar-refractivity contribution in [3.05, 3.63) is 107 Å². The van der Waals surface area contributed by atoms with Crippen LogP contribution in [0, 0.1) is 0 Å².